The summed E-state index contributed by atoms with van der Waals surface area (Å²) < 4.78 is 10.7. The van der Waals surface area contributed by atoms with Gasteiger partial charge in [-0.05, 0) is 44.0 Å². The van der Waals surface area contributed by atoms with Gasteiger partial charge in [-0.1, -0.05) is 15.9 Å². The number of halogens is 1. The Labute approximate surface area is 121 Å². The third-order valence-corrected chi connectivity index (χ3v) is 3.23. The van der Waals surface area contributed by atoms with Crippen LogP contribution in [0.5, 0.6) is 0 Å². The van der Waals surface area contributed by atoms with Crippen molar-refractivity contribution in [1.29, 1.82) is 0 Å². The first kappa shape index (κ1) is 15.7. The summed E-state index contributed by atoms with van der Waals surface area (Å²) in [6.45, 7) is 4.25. The molecule has 0 radical (unpaired) electrons. The quantitative estimate of drug-likeness (QED) is 0.753. The lowest BCUT2D eigenvalue weighted by Gasteiger charge is -2.07. The minimum atomic E-state index is -0.354. The van der Waals surface area contributed by atoms with Crippen LogP contribution < -0.4 is 0 Å². The molecule has 0 unspecified atom stereocenters. The predicted octanol–water partition coefficient (Wildman–Crippen LogP) is 3.12. The molecular weight excluding hydrogens is 312 g/mol. The van der Waals surface area contributed by atoms with Crippen molar-refractivity contribution in [3.05, 3.63) is 33.8 Å². The Morgan fingerprint density at radius 3 is 2.47 bits per heavy atom. The van der Waals surface area contributed by atoms with Crippen LogP contribution in [0, 0.1) is 0 Å². The molecule has 1 aromatic rings. The van der Waals surface area contributed by atoms with E-state index in [1.54, 1.807) is 32.0 Å². The van der Waals surface area contributed by atoms with Gasteiger partial charge < -0.3 is 9.47 Å². The van der Waals surface area contributed by atoms with Gasteiger partial charge in [0.1, 0.15) is 0 Å². The maximum Gasteiger partial charge on any atom is 0.338 e. The molecule has 0 saturated carbocycles. The van der Waals surface area contributed by atoms with Gasteiger partial charge in [-0.15, -0.1) is 0 Å². The number of carbonyl (C=O) groups is 2. The molecule has 1 rings (SSSR count). The molecule has 0 amide bonds. The Hall–Kier alpha value is -1.36. The molecule has 0 aliphatic heterocycles. The highest BCUT2D eigenvalue weighted by Crippen LogP contribution is 2.20. The molecule has 0 spiro atoms. The van der Waals surface area contributed by atoms with Crippen molar-refractivity contribution in [2.75, 3.05) is 13.2 Å². The van der Waals surface area contributed by atoms with Crippen molar-refractivity contribution >= 4 is 27.9 Å². The van der Waals surface area contributed by atoms with Crippen LogP contribution >= 0.6 is 15.9 Å². The Morgan fingerprint density at radius 1 is 1.16 bits per heavy atom. The molecule has 0 N–H and O–H groups in total. The first-order valence-electron chi connectivity index (χ1n) is 6.19. The lowest BCUT2D eigenvalue weighted by Crippen LogP contribution is -2.07. The number of rotatable bonds is 6. The van der Waals surface area contributed by atoms with Gasteiger partial charge in [-0.2, -0.15) is 0 Å². The van der Waals surface area contributed by atoms with Crippen LogP contribution in [-0.2, 0) is 20.7 Å². The number of benzene rings is 1. The van der Waals surface area contributed by atoms with Crippen LogP contribution in [0.3, 0.4) is 0 Å². The molecule has 0 fully saturated rings. The Morgan fingerprint density at radius 2 is 1.84 bits per heavy atom. The number of ether oxygens (including phenoxy) is 2. The van der Waals surface area contributed by atoms with Crippen molar-refractivity contribution in [3.63, 3.8) is 0 Å². The lowest BCUT2D eigenvalue weighted by molar-refractivity contribution is -0.143. The average molecular weight is 329 g/mol. The zero-order valence-electron chi connectivity index (χ0n) is 11.1. The van der Waals surface area contributed by atoms with Crippen molar-refractivity contribution in [2.45, 2.75) is 26.7 Å². The third kappa shape index (κ3) is 5.03. The highest BCUT2D eigenvalue weighted by Gasteiger charge is 2.11. The standard InChI is InChI=1S/C14H17BrO4/c1-3-18-13(16)8-6-10-9-11(5-7-12(10)15)14(17)19-4-2/h5,7,9H,3-4,6,8H2,1-2H3. The number of carbonyl (C=O) groups excluding carboxylic acids is 2. The van der Waals surface area contributed by atoms with Crippen molar-refractivity contribution in [2.24, 2.45) is 0 Å². The number of esters is 2. The fraction of sp³-hybridized carbons (Fsp3) is 0.429. The van der Waals surface area contributed by atoms with E-state index in [0.717, 1.165) is 10.0 Å². The maximum absolute atomic E-state index is 11.6. The van der Waals surface area contributed by atoms with Crippen molar-refractivity contribution < 1.29 is 19.1 Å². The summed E-state index contributed by atoms with van der Waals surface area (Å²) in [6.07, 6.45) is 0.811. The summed E-state index contributed by atoms with van der Waals surface area (Å²) in [6, 6.07) is 5.21. The smallest absolute Gasteiger partial charge is 0.338 e. The van der Waals surface area contributed by atoms with Crippen LogP contribution in [0.15, 0.2) is 22.7 Å². The second-order valence-corrected chi connectivity index (χ2v) is 4.69. The van der Waals surface area contributed by atoms with Gasteiger partial charge >= 0.3 is 11.9 Å². The summed E-state index contributed by atoms with van der Waals surface area (Å²) in [7, 11) is 0. The Kier molecular flexibility index (Phi) is 6.56. The first-order valence-corrected chi connectivity index (χ1v) is 6.99. The van der Waals surface area contributed by atoms with Gasteiger partial charge in [0.25, 0.3) is 0 Å². The van der Waals surface area contributed by atoms with Gasteiger partial charge in [-0.3, -0.25) is 4.79 Å². The molecule has 0 bridgehead atoms. The summed E-state index contributed by atoms with van der Waals surface area (Å²) in [5.74, 6) is -0.594. The number of aryl methyl sites for hydroxylation is 1. The van der Waals surface area contributed by atoms with E-state index < -0.39 is 0 Å². The third-order valence-electron chi connectivity index (χ3n) is 2.46. The normalized spacial score (nSPS) is 10.1. The number of hydrogen-bond acceptors (Lipinski definition) is 4. The monoisotopic (exact) mass is 328 g/mol. The second-order valence-electron chi connectivity index (χ2n) is 3.83. The van der Waals surface area contributed by atoms with Crippen LogP contribution in [0.2, 0.25) is 0 Å². The van der Waals surface area contributed by atoms with Gasteiger partial charge in [-0.25, -0.2) is 4.79 Å². The van der Waals surface area contributed by atoms with E-state index in [2.05, 4.69) is 15.9 Å². The zero-order valence-corrected chi connectivity index (χ0v) is 12.7. The van der Waals surface area contributed by atoms with Gasteiger partial charge in [0.15, 0.2) is 0 Å². The summed E-state index contributed by atoms with van der Waals surface area (Å²) in [4.78, 5) is 22.9. The summed E-state index contributed by atoms with van der Waals surface area (Å²) in [5, 5.41) is 0. The molecule has 104 valence electrons. The first-order chi connectivity index (χ1) is 9.08. The maximum atomic E-state index is 11.6. The van der Waals surface area contributed by atoms with Gasteiger partial charge in [0.05, 0.1) is 18.8 Å². The predicted molar refractivity (Wildman–Crippen MR) is 75.1 cm³/mol. The van der Waals surface area contributed by atoms with Gasteiger partial charge in [0, 0.05) is 10.9 Å². The average Bonchev–Trinajstić information content (AvgIpc) is 2.38. The highest BCUT2D eigenvalue weighted by molar-refractivity contribution is 9.10. The Balaban J connectivity index is 2.74. The van der Waals surface area contributed by atoms with Crippen LogP contribution in [0.4, 0.5) is 0 Å². The SMILES string of the molecule is CCOC(=O)CCc1cc(C(=O)OCC)ccc1Br. The molecule has 4 nitrogen and oxygen atoms in total. The zero-order chi connectivity index (χ0) is 14.3. The van der Waals surface area contributed by atoms with Crippen molar-refractivity contribution in [3.8, 4) is 0 Å². The van der Waals surface area contributed by atoms with E-state index in [9.17, 15) is 9.59 Å². The highest BCUT2D eigenvalue weighted by atomic mass is 79.9. The topological polar surface area (TPSA) is 52.6 Å². The second kappa shape index (κ2) is 7.94. The molecule has 0 saturated heterocycles. The van der Waals surface area contributed by atoms with E-state index in [0.29, 0.717) is 31.6 Å². The van der Waals surface area contributed by atoms with E-state index in [1.807, 2.05) is 0 Å². The minimum absolute atomic E-state index is 0.240. The largest absolute Gasteiger partial charge is 0.466 e. The van der Waals surface area contributed by atoms with E-state index in [-0.39, 0.29) is 11.9 Å². The van der Waals surface area contributed by atoms with E-state index >= 15 is 0 Å². The molecular formula is C14H17BrO4. The fourth-order valence-corrected chi connectivity index (χ4v) is 2.02. The molecule has 5 heteroatoms. The Bertz CT molecular complexity index is 457. The summed E-state index contributed by atoms with van der Waals surface area (Å²) >= 11 is 3.40. The molecule has 0 aliphatic carbocycles. The number of hydrogen-bond donors (Lipinski definition) is 0. The van der Waals surface area contributed by atoms with Crippen LogP contribution in [0.1, 0.15) is 36.2 Å². The summed E-state index contributed by atoms with van der Waals surface area (Å²) in [5.41, 5.74) is 1.38. The molecule has 0 aromatic heterocycles. The molecule has 0 atom stereocenters. The van der Waals surface area contributed by atoms with Gasteiger partial charge in [0.2, 0.25) is 0 Å². The van der Waals surface area contributed by atoms with E-state index in [4.69, 9.17) is 9.47 Å². The molecule has 1 aromatic carbocycles. The van der Waals surface area contributed by atoms with Crippen LogP contribution in [-0.4, -0.2) is 25.2 Å². The molecule has 19 heavy (non-hydrogen) atoms. The van der Waals surface area contributed by atoms with Crippen molar-refractivity contribution in [1.82, 2.24) is 0 Å². The van der Waals surface area contributed by atoms with E-state index in [1.165, 1.54) is 0 Å². The lowest BCUT2D eigenvalue weighted by atomic mass is 10.1. The fourth-order valence-electron chi connectivity index (χ4n) is 1.58. The van der Waals surface area contributed by atoms with Crippen LogP contribution in [0.25, 0.3) is 0 Å². The minimum Gasteiger partial charge on any atom is -0.466 e. The molecule has 0 aliphatic rings. The molecule has 0 heterocycles.